The summed E-state index contributed by atoms with van der Waals surface area (Å²) < 4.78 is 23.5. The first-order chi connectivity index (χ1) is 9.64. The number of carbonyl (C=O) groups is 1. The second kappa shape index (κ2) is 6.33. The minimum absolute atomic E-state index is 0.277. The standard InChI is InChI=1S/C15H20FNO3/c1-3-20-14(18)15(17-8-9-19-2)7-6-11-10-12(16)4-5-13(11)15/h4-5,10,17H,3,6-9H2,1-2H3. The van der Waals surface area contributed by atoms with Crippen LogP contribution in [0.2, 0.25) is 0 Å². The third-order valence-electron chi connectivity index (χ3n) is 3.65. The average Bonchev–Trinajstić information content (AvgIpc) is 2.79. The molecule has 0 aromatic heterocycles. The van der Waals surface area contributed by atoms with E-state index in [0.29, 0.717) is 32.6 Å². The van der Waals surface area contributed by atoms with E-state index in [1.807, 2.05) is 0 Å². The fourth-order valence-electron chi connectivity index (χ4n) is 2.73. The summed E-state index contributed by atoms with van der Waals surface area (Å²) >= 11 is 0. The highest BCUT2D eigenvalue weighted by Gasteiger charge is 2.46. The van der Waals surface area contributed by atoms with Gasteiger partial charge in [-0.1, -0.05) is 6.07 Å². The van der Waals surface area contributed by atoms with Crippen molar-refractivity contribution >= 4 is 5.97 Å². The molecule has 1 aromatic rings. The van der Waals surface area contributed by atoms with Crippen LogP contribution in [0.4, 0.5) is 4.39 Å². The van der Waals surface area contributed by atoms with Crippen molar-refractivity contribution in [1.29, 1.82) is 0 Å². The quantitative estimate of drug-likeness (QED) is 0.637. The Morgan fingerprint density at radius 1 is 1.50 bits per heavy atom. The Morgan fingerprint density at radius 3 is 3.00 bits per heavy atom. The molecule has 0 aliphatic heterocycles. The van der Waals surface area contributed by atoms with Gasteiger partial charge >= 0.3 is 5.97 Å². The molecule has 0 saturated heterocycles. The Bertz CT molecular complexity index is 492. The molecular weight excluding hydrogens is 261 g/mol. The van der Waals surface area contributed by atoms with Gasteiger partial charge in [0.1, 0.15) is 11.4 Å². The molecule has 0 spiro atoms. The number of rotatable bonds is 6. The van der Waals surface area contributed by atoms with E-state index in [-0.39, 0.29) is 11.8 Å². The van der Waals surface area contributed by atoms with Gasteiger partial charge in [0.2, 0.25) is 0 Å². The van der Waals surface area contributed by atoms with E-state index in [1.165, 1.54) is 12.1 Å². The molecule has 1 atom stereocenters. The molecule has 1 aromatic carbocycles. The van der Waals surface area contributed by atoms with Crippen LogP contribution in [0, 0.1) is 5.82 Å². The largest absolute Gasteiger partial charge is 0.464 e. The van der Waals surface area contributed by atoms with E-state index in [9.17, 15) is 9.18 Å². The number of aryl methyl sites for hydroxylation is 1. The summed E-state index contributed by atoms with van der Waals surface area (Å²) in [6.07, 6.45) is 1.24. The van der Waals surface area contributed by atoms with Gasteiger partial charge in [-0.15, -0.1) is 0 Å². The van der Waals surface area contributed by atoms with E-state index < -0.39 is 5.54 Å². The predicted molar refractivity (Wildman–Crippen MR) is 72.9 cm³/mol. The van der Waals surface area contributed by atoms with Crippen molar-refractivity contribution in [2.75, 3.05) is 26.9 Å². The predicted octanol–water partition coefficient (Wildman–Crippen LogP) is 1.77. The van der Waals surface area contributed by atoms with Gasteiger partial charge in [-0.2, -0.15) is 0 Å². The molecular formula is C15H20FNO3. The lowest BCUT2D eigenvalue weighted by atomic mass is 9.91. The third-order valence-corrected chi connectivity index (χ3v) is 3.65. The van der Waals surface area contributed by atoms with E-state index in [4.69, 9.17) is 9.47 Å². The normalized spacial score (nSPS) is 20.8. The van der Waals surface area contributed by atoms with Crippen molar-refractivity contribution in [2.24, 2.45) is 0 Å². The summed E-state index contributed by atoms with van der Waals surface area (Å²) in [7, 11) is 1.61. The highest BCUT2D eigenvalue weighted by atomic mass is 19.1. The van der Waals surface area contributed by atoms with Crippen LogP contribution in [-0.2, 0) is 26.2 Å². The summed E-state index contributed by atoms with van der Waals surface area (Å²) in [5, 5.41) is 3.23. The van der Waals surface area contributed by atoms with E-state index in [0.717, 1.165) is 11.1 Å². The Labute approximate surface area is 118 Å². The zero-order chi connectivity index (χ0) is 14.6. The highest BCUT2D eigenvalue weighted by Crippen LogP contribution is 2.38. The van der Waals surface area contributed by atoms with Crippen LogP contribution in [0.15, 0.2) is 18.2 Å². The van der Waals surface area contributed by atoms with Crippen LogP contribution in [-0.4, -0.2) is 32.8 Å². The molecule has 1 aliphatic carbocycles. The van der Waals surface area contributed by atoms with Crippen molar-refractivity contribution in [3.8, 4) is 0 Å². The van der Waals surface area contributed by atoms with Crippen LogP contribution in [0.3, 0.4) is 0 Å². The lowest BCUT2D eigenvalue weighted by molar-refractivity contribution is -0.151. The summed E-state index contributed by atoms with van der Waals surface area (Å²) in [5.41, 5.74) is 0.800. The van der Waals surface area contributed by atoms with Gasteiger partial charge < -0.3 is 9.47 Å². The molecule has 0 saturated carbocycles. The Morgan fingerprint density at radius 2 is 2.30 bits per heavy atom. The fourth-order valence-corrected chi connectivity index (χ4v) is 2.73. The lowest BCUT2D eigenvalue weighted by Gasteiger charge is -2.29. The number of hydrogen-bond donors (Lipinski definition) is 1. The number of hydrogen-bond acceptors (Lipinski definition) is 4. The number of fused-ring (bicyclic) bond motifs is 1. The maximum absolute atomic E-state index is 13.3. The van der Waals surface area contributed by atoms with Crippen molar-refractivity contribution in [3.63, 3.8) is 0 Å². The Hall–Kier alpha value is -1.46. The first kappa shape index (κ1) is 14.9. The SMILES string of the molecule is CCOC(=O)C1(NCCOC)CCc2cc(F)ccc21. The topological polar surface area (TPSA) is 47.6 Å². The molecule has 0 amide bonds. The summed E-state index contributed by atoms with van der Waals surface area (Å²) in [6, 6.07) is 4.55. The second-order valence-electron chi connectivity index (χ2n) is 4.85. The smallest absolute Gasteiger partial charge is 0.331 e. The van der Waals surface area contributed by atoms with Crippen LogP contribution >= 0.6 is 0 Å². The van der Waals surface area contributed by atoms with E-state index in [1.54, 1.807) is 20.1 Å². The molecule has 5 heteroatoms. The molecule has 1 unspecified atom stereocenters. The molecule has 0 radical (unpaired) electrons. The molecule has 1 N–H and O–H groups in total. The molecule has 0 fully saturated rings. The van der Waals surface area contributed by atoms with Gasteiger partial charge in [0.05, 0.1) is 13.2 Å². The zero-order valence-electron chi connectivity index (χ0n) is 11.9. The van der Waals surface area contributed by atoms with E-state index >= 15 is 0 Å². The number of esters is 1. The van der Waals surface area contributed by atoms with Crippen molar-refractivity contribution in [2.45, 2.75) is 25.3 Å². The third kappa shape index (κ3) is 2.69. The number of carbonyl (C=O) groups excluding carboxylic acids is 1. The van der Waals surface area contributed by atoms with Gasteiger partial charge in [-0.25, -0.2) is 9.18 Å². The second-order valence-corrected chi connectivity index (χ2v) is 4.85. The molecule has 110 valence electrons. The van der Waals surface area contributed by atoms with Gasteiger partial charge in [0.25, 0.3) is 0 Å². The van der Waals surface area contributed by atoms with Crippen molar-refractivity contribution in [3.05, 3.63) is 35.1 Å². The van der Waals surface area contributed by atoms with Crippen LogP contribution < -0.4 is 5.32 Å². The molecule has 0 heterocycles. The number of nitrogens with one attached hydrogen (secondary N) is 1. The zero-order valence-corrected chi connectivity index (χ0v) is 11.9. The minimum atomic E-state index is -0.877. The first-order valence-electron chi connectivity index (χ1n) is 6.84. The number of benzene rings is 1. The van der Waals surface area contributed by atoms with Gasteiger partial charge in [0.15, 0.2) is 0 Å². The molecule has 1 aliphatic rings. The maximum Gasteiger partial charge on any atom is 0.331 e. The summed E-state index contributed by atoms with van der Waals surface area (Å²) in [5.74, 6) is -0.582. The molecule has 0 bridgehead atoms. The molecule has 4 nitrogen and oxygen atoms in total. The Kier molecular flexibility index (Phi) is 4.73. The summed E-state index contributed by atoms with van der Waals surface area (Å²) in [4.78, 5) is 12.4. The summed E-state index contributed by atoms with van der Waals surface area (Å²) in [6.45, 7) is 3.13. The minimum Gasteiger partial charge on any atom is -0.464 e. The van der Waals surface area contributed by atoms with E-state index in [2.05, 4.69) is 5.32 Å². The van der Waals surface area contributed by atoms with Crippen LogP contribution in [0.1, 0.15) is 24.5 Å². The first-order valence-corrected chi connectivity index (χ1v) is 6.84. The van der Waals surface area contributed by atoms with Crippen LogP contribution in [0.5, 0.6) is 0 Å². The van der Waals surface area contributed by atoms with Crippen molar-refractivity contribution < 1.29 is 18.7 Å². The average molecular weight is 281 g/mol. The number of methoxy groups -OCH3 is 1. The maximum atomic E-state index is 13.3. The Balaban J connectivity index is 2.32. The van der Waals surface area contributed by atoms with Gasteiger partial charge in [-0.3, -0.25) is 5.32 Å². The lowest BCUT2D eigenvalue weighted by Crippen LogP contribution is -2.49. The van der Waals surface area contributed by atoms with Crippen molar-refractivity contribution in [1.82, 2.24) is 5.32 Å². The van der Waals surface area contributed by atoms with Gasteiger partial charge in [0, 0.05) is 13.7 Å². The van der Waals surface area contributed by atoms with Crippen LogP contribution in [0.25, 0.3) is 0 Å². The molecule has 20 heavy (non-hydrogen) atoms. The monoisotopic (exact) mass is 281 g/mol. The molecule has 2 rings (SSSR count). The number of halogens is 1. The van der Waals surface area contributed by atoms with Gasteiger partial charge in [-0.05, 0) is 43.0 Å². The fraction of sp³-hybridized carbons (Fsp3) is 0.533. The highest BCUT2D eigenvalue weighted by molar-refractivity contribution is 5.84. The number of ether oxygens (including phenoxy) is 2.